The standard InChI is InChI=1S/C24H40O3/c1-23(2,27)10-3-5-19-9-12-24(17-19)11-4-6-18(16-24)7-8-20-13-21(25)15-22(26)14-20/h7-8,19,21-22,25-27H,3-6,9-17H2,1-2H3/b18-7-/t19-,21-,22-,24-/m1/s1. The molecule has 3 rings (SSSR count). The zero-order valence-electron chi connectivity index (χ0n) is 17.4. The van der Waals surface area contributed by atoms with Gasteiger partial charge in [0.25, 0.3) is 0 Å². The number of allylic oxidation sites excluding steroid dienone is 3. The summed E-state index contributed by atoms with van der Waals surface area (Å²) in [6, 6.07) is 0. The minimum absolute atomic E-state index is 0.379. The Morgan fingerprint density at radius 1 is 1.07 bits per heavy atom. The second kappa shape index (κ2) is 8.80. The predicted molar refractivity (Wildman–Crippen MR) is 110 cm³/mol. The first-order valence-electron chi connectivity index (χ1n) is 11.2. The van der Waals surface area contributed by atoms with Crippen molar-refractivity contribution < 1.29 is 15.3 Å². The molecule has 0 aromatic heterocycles. The third kappa shape index (κ3) is 6.44. The largest absolute Gasteiger partial charge is 0.393 e. The van der Waals surface area contributed by atoms with Crippen molar-refractivity contribution in [3.63, 3.8) is 0 Å². The molecule has 3 aliphatic rings. The minimum atomic E-state index is -0.523. The van der Waals surface area contributed by atoms with Crippen LogP contribution in [0, 0.1) is 11.3 Å². The van der Waals surface area contributed by atoms with Gasteiger partial charge in [-0.3, -0.25) is 0 Å². The van der Waals surface area contributed by atoms with Crippen molar-refractivity contribution in [3.05, 3.63) is 23.3 Å². The number of aliphatic hydroxyl groups is 3. The highest BCUT2D eigenvalue weighted by molar-refractivity contribution is 5.22. The average molecular weight is 377 g/mol. The van der Waals surface area contributed by atoms with Gasteiger partial charge in [-0.05, 0) is 95.8 Å². The summed E-state index contributed by atoms with van der Waals surface area (Å²) in [5.74, 6) is 0.841. The van der Waals surface area contributed by atoms with Gasteiger partial charge >= 0.3 is 0 Å². The van der Waals surface area contributed by atoms with E-state index in [1.54, 1.807) is 5.57 Å². The summed E-state index contributed by atoms with van der Waals surface area (Å²) in [6.07, 6.45) is 18.2. The van der Waals surface area contributed by atoms with Crippen LogP contribution < -0.4 is 0 Å². The first kappa shape index (κ1) is 21.1. The van der Waals surface area contributed by atoms with Gasteiger partial charge in [-0.25, -0.2) is 0 Å². The molecule has 0 amide bonds. The number of hydrogen-bond donors (Lipinski definition) is 3. The molecule has 0 aromatic carbocycles. The summed E-state index contributed by atoms with van der Waals surface area (Å²) in [5, 5.41) is 29.7. The van der Waals surface area contributed by atoms with Gasteiger partial charge in [0.05, 0.1) is 17.8 Å². The maximum absolute atomic E-state index is 9.92. The maximum Gasteiger partial charge on any atom is 0.0602 e. The Morgan fingerprint density at radius 2 is 1.78 bits per heavy atom. The Morgan fingerprint density at radius 3 is 2.48 bits per heavy atom. The Kier molecular flexibility index (Phi) is 6.87. The second-order valence-electron chi connectivity index (χ2n) is 10.4. The molecule has 0 heterocycles. The molecular formula is C24H40O3. The zero-order valence-corrected chi connectivity index (χ0v) is 17.4. The number of rotatable bonds is 5. The quantitative estimate of drug-likeness (QED) is 0.629. The summed E-state index contributed by atoms with van der Waals surface area (Å²) in [5.41, 5.74) is 2.77. The Labute approximate surface area is 165 Å². The molecule has 4 atom stereocenters. The molecule has 3 nitrogen and oxygen atoms in total. The fourth-order valence-electron chi connectivity index (χ4n) is 5.82. The molecule has 0 saturated heterocycles. The topological polar surface area (TPSA) is 60.7 Å². The predicted octanol–water partition coefficient (Wildman–Crippen LogP) is 5.05. The van der Waals surface area contributed by atoms with Gasteiger partial charge in [0, 0.05) is 0 Å². The van der Waals surface area contributed by atoms with E-state index in [0.29, 0.717) is 11.8 Å². The monoisotopic (exact) mass is 376 g/mol. The van der Waals surface area contributed by atoms with Crippen LogP contribution in [0.2, 0.25) is 0 Å². The van der Waals surface area contributed by atoms with E-state index in [0.717, 1.165) is 31.6 Å². The molecule has 0 aliphatic heterocycles. The van der Waals surface area contributed by atoms with Crippen LogP contribution in [0.25, 0.3) is 0 Å². The molecule has 154 valence electrons. The highest BCUT2D eigenvalue weighted by Crippen LogP contribution is 2.53. The van der Waals surface area contributed by atoms with E-state index >= 15 is 0 Å². The SMILES string of the molecule is CC(C)(O)CCC[C@@H]1CC[C@@]2(CCC/C(=C/C=C3C[C@@H](O)C[C@H](O)C3)C2)C1. The molecule has 0 aromatic rings. The minimum Gasteiger partial charge on any atom is -0.393 e. The van der Waals surface area contributed by atoms with E-state index in [2.05, 4.69) is 12.2 Å². The number of aliphatic hydroxyl groups excluding tert-OH is 2. The van der Waals surface area contributed by atoms with E-state index in [1.165, 1.54) is 56.9 Å². The van der Waals surface area contributed by atoms with Crippen molar-refractivity contribution in [2.24, 2.45) is 11.3 Å². The van der Waals surface area contributed by atoms with Crippen LogP contribution in [0.1, 0.15) is 97.3 Å². The fourth-order valence-corrected chi connectivity index (χ4v) is 5.82. The zero-order chi connectivity index (χ0) is 19.5. The van der Waals surface area contributed by atoms with E-state index < -0.39 is 5.60 Å². The highest BCUT2D eigenvalue weighted by atomic mass is 16.3. The van der Waals surface area contributed by atoms with Gasteiger partial charge in [0.15, 0.2) is 0 Å². The lowest BCUT2D eigenvalue weighted by Crippen LogP contribution is -2.24. The van der Waals surface area contributed by atoms with E-state index in [9.17, 15) is 15.3 Å². The van der Waals surface area contributed by atoms with Crippen LogP contribution in [0.4, 0.5) is 0 Å². The molecule has 1 spiro atoms. The van der Waals surface area contributed by atoms with Gasteiger partial charge in [0.1, 0.15) is 0 Å². The van der Waals surface area contributed by atoms with Crippen molar-refractivity contribution >= 4 is 0 Å². The summed E-state index contributed by atoms with van der Waals surface area (Å²) in [4.78, 5) is 0. The molecular weight excluding hydrogens is 336 g/mol. The van der Waals surface area contributed by atoms with E-state index in [-0.39, 0.29) is 12.2 Å². The van der Waals surface area contributed by atoms with Crippen molar-refractivity contribution in [2.45, 2.75) is 115 Å². The third-order valence-corrected chi connectivity index (χ3v) is 7.11. The molecule has 3 aliphatic carbocycles. The van der Waals surface area contributed by atoms with Crippen molar-refractivity contribution in [2.75, 3.05) is 0 Å². The molecule has 0 unspecified atom stereocenters. The normalized spacial score (nSPS) is 36.6. The van der Waals surface area contributed by atoms with Gasteiger partial charge in [-0.15, -0.1) is 0 Å². The first-order valence-corrected chi connectivity index (χ1v) is 11.2. The lowest BCUT2D eigenvalue weighted by Gasteiger charge is -2.35. The van der Waals surface area contributed by atoms with Gasteiger partial charge in [0.2, 0.25) is 0 Å². The van der Waals surface area contributed by atoms with Crippen LogP contribution in [-0.2, 0) is 0 Å². The Bertz CT molecular complexity index is 544. The maximum atomic E-state index is 9.92. The van der Waals surface area contributed by atoms with Gasteiger partial charge < -0.3 is 15.3 Å². The van der Waals surface area contributed by atoms with Gasteiger partial charge in [-0.1, -0.05) is 36.1 Å². The highest BCUT2D eigenvalue weighted by Gasteiger charge is 2.40. The first-order chi connectivity index (χ1) is 12.7. The van der Waals surface area contributed by atoms with Crippen molar-refractivity contribution in [1.29, 1.82) is 0 Å². The summed E-state index contributed by atoms with van der Waals surface area (Å²) in [7, 11) is 0. The van der Waals surface area contributed by atoms with E-state index in [4.69, 9.17) is 0 Å². The van der Waals surface area contributed by atoms with Gasteiger partial charge in [-0.2, -0.15) is 0 Å². The summed E-state index contributed by atoms with van der Waals surface area (Å²) >= 11 is 0. The lowest BCUT2D eigenvalue weighted by atomic mass is 9.70. The van der Waals surface area contributed by atoms with Crippen molar-refractivity contribution in [3.8, 4) is 0 Å². The van der Waals surface area contributed by atoms with Crippen LogP contribution in [0.3, 0.4) is 0 Å². The molecule has 3 saturated carbocycles. The van der Waals surface area contributed by atoms with Crippen LogP contribution in [0.15, 0.2) is 23.3 Å². The third-order valence-electron chi connectivity index (χ3n) is 7.11. The van der Waals surface area contributed by atoms with Crippen molar-refractivity contribution in [1.82, 2.24) is 0 Å². The molecule has 3 heteroatoms. The Balaban J connectivity index is 1.53. The molecule has 3 N–H and O–H groups in total. The smallest absolute Gasteiger partial charge is 0.0602 e. The van der Waals surface area contributed by atoms with Crippen LogP contribution in [-0.4, -0.2) is 33.1 Å². The Hall–Kier alpha value is -0.640. The van der Waals surface area contributed by atoms with Crippen LogP contribution in [0.5, 0.6) is 0 Å². The van der Waals surface area contributed by atoms with Crippen LogP contribution >= 0.6 is 0 Å². The average Bonchev–Trinajstić information content (AvgIpc) is 2.93. The summed E-state index contributed by atoms with van der Waals surface area (Å²) < 4.78 is 0. The lowest BCUT2D eigenvalue weighted by molar-refractivity contribution is 0.0608. The molecule has 3 fully saturated rings. The second-order valence-corrected chi connectivity index (χ2v) is 10.4. The fraction of sp³-hybridized carbons (Fsp3) is 0.833. The molecule has 0 radical (unpaired) electrons. The molecule has 27 heavy (non-hydrogen) atoms. The summed E-state index contributed by atoms with van der Waals surface area (Å²) in [6.45, 7) is 3.83. The van der Waals surface area contributed by atoms with E-state index in [1.807, 2.05) is 13.8 Å². The number of hydrogen-bond acceptors (Lipinski definition) is 3. The molecule has 0 bridgehead atoms.